The van der Waals surface area contributed by atoms with Crippen molar-refractivity contribution in [2.24, 2.45) is 0 Å². The van der Waals surface area contributed by atoms with Crippen LogP contribution < -0.4 is 19.5 Å². The number of aryl methyl sites for hydroxylation is 1. The van der Waals surface area contributed by atoms with Gasteiger partial charge in [0.1, 0.15) is 0 Å². The number of ether oxygens (including phenoxy) is 2. The van der Waals surface area contributed by atoms with Gasteiger partial charge in [-0.05, 0) is 61.0 Å². The minimum Gasteiger partial charge on any atom is -0.454 e. The first-order chi connectivity index (χ1) is 16.4. The summed E-state index contributed by atoms with van der Waals surface area (Å²) in [5.41, 5.74) is 3.17. The monoisotopic (exact) mass is 493 g/mol. The Morgan fingerprint density at radius 2 is 1.76 bits per heavy atom. The molecule has 0 unspecified atom stereocenters. The van der Waals surface area contributed by atoms with Crippen LogP contribution in [-0.4, -0.2) is 26.1 Å². The van der Waals surface area contributed by atoms with Gasteiger partial charge in [-0.25, -0.2) is 13.4 Å². The first-order valence-corrected chi connectivity index (χ1v) is 12.6. The van der Waals surface area contributed by atoms with E-state index in [1.165, 1.54) is 35.6 Å². The summed E-state index contributed by atoms with van der Waals surface area (Å²) < 4.78 is 38.7. The van der Waals surface area contributed by atoms with E-state index < -0.39 is 10.0 Å². The molecule has 2 N–H and O–H groups in total. The Labute approximate surface area is 200 Å². The molecule has 0 atom stereocenters. The highest BCUT2D eigenvalue weighted by atomic mass is 32.2. The molecule has 172 valence electrons. The van der Waals surface area contributed by atoms with Crippen molar-refractivity contribution < 1.29 is 22.7 Å². The SMILES string of the molecule is Cc1ccccc1NS(=O)(=O)c1ccc(C(=O)Nc2nc(-c3ccc4c(c3)OCO4)cs2)cc1. The van der Waals surface area contributed by atoms with Gasteiger partial charge in [0.05, 0.1) is 16.3 Å². The number of thiazole rings is 1. The van der Waals surface area contributed by atoms with Gasteiger partial charge in [0.2, 0.25) is 6.79 Å². The lowest BCUT2D eigenvalue weighted by molar-refractivity contribution is 0.102. The zero-order valence-electron chi connectivity index (χ0n) is 17.9. The van der Waals surface area contributed by atoms with Crippen LogP contribution in [0.5, 0.6) is 11.5 Å². The molecule has 5 rings (SSSR count). The molecule has 34 heavy (non-hydrogen) atoms. The Morgan fingerprint density at radius 1 is 1.00 bits per heavy atom. The molecule has 0 radical (unpaired) electrons. The molecule has 1 aliphatic rings. The number of aromatic nitrogens is 1. The van der Waals surface area contributed by atoms with Gasteiger partial charge >= 0.3 is 0 Å². The first kappa shape index (κ1) is 21.9. The van der Waals surface area contributed by atoms with Crippen LogP contribution >= 0.6 is 11.3 Å². The maximum atomic E-state index is 12.7. The number of rotatable bonds is 6. The normalized spacial score (nSPS) is 12.4. The number of nitrogens with one attached hydrogen (secondary N) is 2. The lowest BCUT2D eigenvalue weighted by Crippen LogP contribution is -2.15. The molecular weight excluding hydrogens is 474 g/mol. The molecule has 0 spiro atoms. The van der Waals surface area contributed by atoms with Gasteiger partial charge in [0, 0.05) is 16.5 Å². The third-order valence-electron chi connectivity index (χ3n) is 5.21. The molecule has 0 aliphatic carbocycles. The van der Waals surface area contributed by atoms with Crippen LogP contribution in [0.4, 0.5) is 10.8 Å². The number of benzene rings is 3. The fraction of sp³-hybridized carbons (Fsp3) is 0.0833. The van der Waals surface area contributed by atoms with Crippen LogP contribution in [0.3, 0.4) is 0 Å². The van der Waals surface area contributed by atoms with E-state index in [0.29, 0.717) is 33.6 Å². The van der Waals surface area contributed by atoms with E-state index in [2.05, 4.69) is 15.0 Å². The molecule has 0 bridgehead atoms. The summed E-state index contributed by atoms with van der Waals surface area (Å²) >= 11 is 1.29. The number of carbonyl (C=O) groups excluding carboxylic acids is 1. The average Bonchev–Trinajstić information content (AvgIpc) is 3.49. The predicted molar refractivity (Wildman–Crippen MR) is 130 cm³/mol. The van der Waals surface area contributed by atoms with Crippen LogP contribution in [0.25, 0.3) is 11.3 Å². The number of hydrogen-bond acceptors (Lipinski definition) is 7. The van der Waals surface area contributed by atoms with Crippen molar-refractivity contribution in [3.63, 3.8) is 0 Å². The average molecular weight is 494 g/mol. The maximum absolute atomic E-state index is 12.7. The van der Waals surface area contributed by atoms with Gasteiger partial charge in [0.25, 0.3) is 15.9 Å². The smallest absolute Gasteiger partial charge is 0.261 e. The highest BCUT2D eigenvalue weighted by molar-refractivity contribution is 7.92. The Morgan fingerprint density at radius 3 is 2.56 bits per heavy atom. The second-order valence-electron chi connectivity index (χ2n) is 7.50. The third-order valence-corrected chi connectivity index (χ3v) is 7.35. The molecule has 3 aromatic carbocycles. The number of amides is 1. The minimum absolute atomic E-state index is 0.0617. The largest absolute Gasteiger partial charge is 0.454 e. The number of fused-ring (bicyclic) bond motifs is 1. The molecule has 0 saturated heterocycles. The fourth-order valence-electron chi connectivity index (χ4n) is 3.37. The Balaban J connectivity index is 1.27. The van der Waals surface area contributed by atoms with Crippen molar-refractivity contribution in [2.45, 2.75) is 11.8 Å². The van der Waals surface area contributed by atoms with Crippen molar-refractivity contribution >= 4 is 38.1 Å². The summed E-state index contributed by atoms with van der Waals surface area (Å²) in [7, 11) is -3.78. The van der Waals surface area contributed by atoms with Gasteiger partial charge in [-0.15, -0.1) is 11.3 Å². The molecule has 1 aliphatic heterocycles. The van der Waals surface area contributed by atoms with Gasteiger partial charge in [0.15, 0.2) is 16.6 Å². The third kappa shape index (κ3) is 4.45. The summed E-state index contributed by atoms with van der Waals surface area (Å²) in [4.78, 5) is 17.2. The topological polar surface area (TPSA) is 107 Å². The van der Waals surface area contributed by atoms with Gasteiger partial charge in [-0.2, -0.15) is 0 Å². The highest BCUT2D eigenvalue weighted by Crippen LogP contribution is 2.36. The van der Waals surface area contributed by atoms with E-state index in [-0.39, 0.29) is 17.6 Å². The van der Waals surface area contributed by atoms with Crippen LogP contribution in [0.1, 0.15) is 15.9 Å². The summed E-state index contributed by atoms with van der Waals surface area (Å²) in [6.07, 6.45) is 0. The molecular formula is C24H19N3O5S2. The van der Waals surface area contributed by atoms with E-state index in [0.717, 1.165) is 11.1 Å². The summed E-state index contributed by atoms with van der Waals surface area (Å²) in [5, 5.41) is 5.01. The second-order valence-corrected chi connectivity index (χ2v) is 10.0. The van der Waals surface area contributed by atoms with E-state index >= 15 is 0 Å². The Bertz CT molecular complexity index is 1480. The first-order valence-electron chi connectivity index (χ1n) is 10.2. The molecule has 4 aromatic rings. The summed E-state index contributed by atoms with van der Waals surface area (Å²) in [6.45, 7) is 2.01. The lowest BCUT2D eigenvalue weighted by atomic mass is 10.1. The lowest BCUT2D eigenvalue weighted by Gasteiger charge is -2.10. The second kappa shape index (κ2) is 8.81. The van der Waals surface area contributed by atoms with E-state index in [4.69, 9.17) is 9.47 Å². The molecule has 2 heterocycles. The molecule has 8 nitrogen and oxygen atoms in total. The molecule has 10 heteroatoms. The highest BCUT2D eigenvalue weighted by Gasteiger charge is 2.18. The zero-order chi connectivity index (χ0) is 23.7. The maximum Gasteiger partial charge on any atom is 0.261 e. The predicted octanol–water partition coefficient (Wildman–Crippen LogP) is 4.90. The number of anilines is 2. The van der Waals surface area contributed by atoms with E-state index in [1.54, 1.807) is 12.1 Å². The number of para-hydroxylation sites is 1. The van der Waals surface area contributed by atoms with Crippen LogP contribution in [-0.2, 0) is 10.0 Å². The van der Waals surface area contributed by atoms with Crippen molar-refractivity contribution in [3.8, 4) is 22.8 Å². The van der Waals surface area contributed by atoms with Crippen LogP contribution in [0.2, 0.25) is 0 Å². The summed E-state index contributed by atoms with van der Waals surface area (Å²) in [5.74, 6) is 0.956. The Hall–Kier alpha value is -3.89. The number of sulfonamides is 1. The molecule has 1 amide bonds. The van der Waals surface area contributed by atoms with Gasteiger partial charge in [-0.1, -0.05) is 18.2 Å². The van der Waals surface area contributed by atoms with Gasteiger partial charge < -0.3 is 9.47 Å². The summed E-state index contributed by atoms with van der Waals surface area (Å²) in [6, 6.07) is 18.4. The van der Waals surface area contributed by atoms with Crippen LogP contribution in [0.15, 0.2) is 77.0 Å². The quantitative estimate of drug-likeness (QED) is 0.396. The van der Waals surface area contributed by atoms with Crippen molar-refractivity contribution in [3.05, 3.63) is 83.2 Å². The van der Waals surface area contributed by atoms with Crippen molar-refractivity contribution in [1.29, 1.82) is 0 Å². The zero-order valence-corrected chi connectivity index (χ0v) is 19.6. The van der Waals surface area contributed by atoms with Gasteiger partial charge in [-0.3, -0.25) is 14.8 Å². The van der Waals surface area contributed by atoms with Crippen molar-refractivity contribution in [2.75, 3.05) is 16.8 Å². The fourth-order valence-corrected chi connectivity index (χ4v) is 5.21. The van der Waals surface area contributed by atoms with E-state index in [9.17, 15) is 13.2 Å². The van der Waals surface area contributed by atoms with Crippen LogP contribution in [0, 0.1) is 6.92 Å². The Kier molecular flexibility index (Phi) is 5.68. The standard InChI is InChI=1S/C24H19N3O5S2/c1-15-4-2-3-5-19(15)27-34(29,30)18-9-6-16(7-10-18)23(28)26-24-25-20(13-33-24)17-8-11-21-22(12-17)32-14-31-21/h2-13,27H,14H2,1H3,(H,25,26,28). The number of carbonyl (C=O) groups is 1. The molecule has 0 fully saturated rings. The number of nitrogens with zero attached hydrogens (tertiary/aromatic N) is 1. The van der Waals surface area contributed by atoms with Crippen molar-refractivity contribution in [1.82, 2.24) is 4.98 Å². The van der Waals surface area contributed by atoms with E-state index in [1.807, 2.05) is 42.6 Å². The number of hydrogen-bond donors (Lipinski definition) is 2. The minimum atomic E-state index is -3.78. The molecule has 1 aromatic heterocycles. The molecule has 0 saturated carbocycles.